The molecule has 4 aliphatic rings. The van der Waals surface area contributed by atoms with E-state index < -0.39 is 0 Å². The van der Waals surface area contributed by atoms with Crippen molar-refractivity contribution in [3.05, 3.63) is 82.5 Å². The third kappa shape index (κ3) is 7.84. The van der Waals surface area contributed by atoms with Crippen LogP contribution in [0.1, 0.15) is 80.1 Å². The molecule has 4 rings (SSSR count). The van der Waals surface area contributed by atoms with Gasteiger partial charge in [-0.15, -0.1) is 0 Å². The fourth-order valence-electron chi connectivity index (χ4n) is 4.79. The van der Waals surface area contributed by atoms with Gasteiger partial charge in [-0.2, -0.15) is 0 Å². The number of hydrogen-bond acceptors (Lipinski definition) is 5. The number of nitrogens with zero attached hydrogens (tertiary/aromatic N) is 5. The molecular formula is C35H53N5. The van der Waals surface area contributed by atoms with Crippen molar-refractivity contribution in [3.8, 4) is 0 Å². The van der Waals surface area contributed by atoms with Gasteiger partial charge in [0.1, 0.15) is 5.84 Å². The zero-order valence-corrected chi connectivity index (χ0v) is 26.7. The molecule has 0 amide bonds. The lowest BCUT2D eigenvalue weighted by molar-refractivity contribution is 0.0965. The summed E-state index contributed by atoms with van der Waals surface area (Å²) >= 11 is 0. The number of rotatable bonds is 9. The van der Waals surface area contributed by atoms with Gasteiger partial charge in [0.05, 0.1) is 17.1 Å². The summed E-state index contributed by atoms with van der Waals surface area (Å²) in [5.74, 6) is 1.75. The minimum absolute atomic E-state index is 0.637. The van der Waals surface area contributed by atoms with Crippen LogP contribution in [0.2, 0.25) is 0 Å². The van der Waals surface area contributed by atoms with Crippen LogP contribution in [0.4, 0.5) is 0 Å². The first-order valence-corrected chi connectivity index (χ1v) is 15.2. The molecule has 0 aromatic carbocycles. The van der Waals surface area contributed by atoms with Crippen LogP contribution in [0.25, 0.3) is 0 Å². The summed E-state index contributed by atoms with van der Waals surface area (Å²) < 4.78 is 0. The standard InChI is InChI=1S/C25H33N5.C10H20/c1-17(2)18(3)12-22(26-4)23-13-24(19-8-7-9-19)30-16-20(10-11-25(30)27-23)29-14-21(15-29)28(5)6;1-5-7-8-10(4)9(3)6-2/h10-13,16,21H,1,7-9,14-15H2,2-6H3;8-9H,5-7H2,1-4H3/b18-12+,26-22?;10-8-. The second-order valence-electron chi connectivity index (χ2n) is 11.9. The Morgan fingerprint density at radius 3 is 2.40 bits per heavy atom. The van der Waals surface area contributed by atoms with Crippen molar-refractivity contribution in [2.45, 2.75) is 86.1 Å². The molecule has 0 aromatic rings. The molecule has 1 saturated carbocycles. The van der Waals surface area contributed by atoms with E-state index in [1.54, 1.807) is 5.57 Å². The van der Waals surface area contributed by atoms with Crippen LogP contribution in [0.3, 0.4) is 0 Å². The van der Waals surface area contributed by atoms with E-state index in [2.05, 4.69) is 112 Å². The van der Waals surface area contributed by atoms with Gasteiger partial charge in [0.15, 0.2) is 0 Å². The number of likely N-dealkylation sites (tertiary alicyclic amines) is 1. The lowest BCUT2D eigenvalue weighted by Gasteiger charge is -2.46. The summed E-state index contributed by atoms with van der Waals surface area (Å²) in [4.78, 5) is 16.5. The molecule has 40 heavy (non-hydrogen) atoms. The van der Waals surface area contributed by atoms with Gasteiger partial charge in [-0.05, 0) is 108 Å². The topological polar surface area (TPSA) is 34.4 Å². The van der Waals surface area contributed by atoms with Crippen molar-refractivity contribution in [2.75, 3.05) is 34.2 Å². The fourth-order valence-corrected chi connectivity index (χ4v) is 4.79. The highest BCUT2D eigenvalue weighted by molar-refractivity contribution is 6.12. The van der Waals surface area contributed by atoms with Crippen LogP contribution in [0, 0.1) is 5.92 Å². The van der Waals surface area contributed by atoms with Crippen molar-refractivity contribution in [3.63, 3.8) is 0 Å². The minimum Gasteiger partial charge on any atom is -0.367 e. The van der Waals surface area contributed by atoms with E-state index in [1.165, 1.54) is 55.5 Å². The summed E-state index contributed by atoms with van der Waals surface area (Å²) in [7, 11) is 6.15. The van der Waals surface area contributed by atoms with Gasteiger partial charge in [0.25, 0.3) is 0 Å². The molecule has 218 valence electrons. The Hall–Kier alpha value is -2.92. The largest absolute Gasteiger partial charge is 0.367 e. The van der Waals surface area contributed by atoms with E-state index >= 15 is 0 Å². The second-order valence-corrected chi connectivity index (χ2v) is 11.9. The molecule has 5 heteroatoms. The average molecular weight is 544 g/mol. The first-order chi connectivity index (χ1) is 19.1. The number of allylic oxidation sites excluding steroid dienone is 8. The van der Waals surface area contributed by atoms with Gasteiger partial charge in [-0.3, -0.25) is 9.89 Å². The summed E-state index contributed by atoms with van der Waals surface area (Å²) in [6, 6.07) is 0.637. The van der Waals surface area contributed by atoms with E-state index in [0.717, 1.165) is 47.4 Å². The van der Waals surface area contributed by atoms with E-state index in [0.29, 0.717) is 6.04 Å². The zero-order chi connectivity index (χ0) is 29.4. The average Bonchev–Trinajstić information content (AvgIpc) is 2.87. The number of likely N-dealkylation sites (N-methyl/N-ethyl adjacent to an activating group) is 1. The van der Waals surface area contributed by atoms with Gasteiger partial charge >= 0.3 is 0 Å². The van der Waals surface area contributed by atoms with E-state index in [9.17, 15) is 0 Å². The predicted molar refractivity (Wildman–Crippen MR) is 175 cm³/mol. The molecule has 0 N–H and O–H groups in total. The molecule has 0 aromatic heterocycles. The fraction of sp³-hybridized carbons (Fsp3) is 0.543. The molecule has 5 nitrogen and oxygen atoms in total. The molecule has 1 atom stereocenters. The van der Waals surface area contributed by atoms with Crippen molar-refractivity contribution >= 4 is 11.5 Å². The Balaban J connectivity index is 0.000000378. The molecular weight excluding hydrogens is 490 g/mol. The quantitative estimate of drug-likeness (QED) is 0.168. The maximum atomic E-state index is 4.97. The molecule has 1 saturated heterocycles. The summed E-state index contributed by atoms with van der Waals surface area (Å²) in [5.41, 5.74) is 9.62. The van der Waals surface area contributed by atoms with Crippen LogP contribution in [-0.2, 0) is 0 Å². The predicted octanol–water partition coefficient (Wildman–Crippen LogP) is 8.05. The summed E-state index contributed by atoms with van der Waals surface area (Å²) in [6.45, 7) is 19.3. The third-order valence-electron chi connectivity index (χ3n) is 8.63. The maximum Gasteiger partial charge on any atom is 0.137 e. The lowest BCUT2D eigenvalue weighted by atomic mass is 9.89. The number of hydrogen-bond donors (Lipinski definition) is 0. The van der Waals surface area contributed by atoms with Crippen molar-refractivity contribution in [1.29, 1.82) is 0 Å². The Morgan fingerprint density at radius 2 is 1.88 bits per heavy atom. The zero-order valence-electron chi connectivity index (χ0n) is 26.7. The molecule has 1 aliphatic carbocycles. The third-order valence-corrected chi connectivity index (χ3v) is 8.63. The number of unbranched alkanes of at least 4 members (excludes halogenated alkanes) is 1. The van der Waals surface area contributed by atoms with Crippen LogP contribution < -0.4 is 0 Å². The van der Waals surface area contributed by atoms with Gasteiger partial charge in [0, 0.05) is 38.1 Å². The van der Waals surface area contributed by atoms with Crippen molar-refractivity contribution in [2.24, 2.45) is 15.9 Å². The molecule has 0 bridgehead atoms. The maximum absolute atomic E-state index is 4.97. The number of fused-ring (bicyclic) bond motifs is 1. The lowest BCUT2D eigenvalue weighted by Crippen LogP contribution is -2.56. The van der Waals surface area contributed by atoms with Gasteiger partial charge < -0.3 is 9.80 Å². The monoisotopic (exact) mass is 543 g/mol. The minimum atomic E-state index is 0.637. The van der Waals surface area contributed by atoms with Gasteiger partial charge in [-0.1, -0.05) is 51.0 Å². The highest BCUT2D eigenvalue weighted by Gasteiger charge is 2.32. The second kappa shape index (κ2) is 14.6. The van der Waals surface area contributed by atoms with Crippen LogP contribution in [-0.4, -0.2) is 66.5 Å². The molecule has 2 fully saturated rings. The van der Waals surface area contributed by atoms with Crippen LogP contribution in [0.5, 0.6) is 0 Å². The Bertz CT molecular complexity index is 1170. The van der Waals surface area contributed by atoms with Gasteiger partial charge in [0.2, 0.25) is 0 Å². The molecule has 3 heterocycles. The highest BCUT2D eigenvalue weighted by Crippen LogP contribution is 2.36. The number of aliphatic imine (C=N–C) groups is 2. The van der Waals surface area contributed by atoms with Crippen molar-refractivity contribution < 1.29 is 0 Å². The highest BCUT2D eigenvalue weighted by atomic mass is 15.3. The Labute approximate surface area is 244 Å². The molecule has 0 spiro atoms. The SMILES string of the molecule is C=C(C)/C(C)=C/C(=NC)C1=CC(=C2CCC2)N2C=C(N3CC(N(C)C)C3)C=CC2=N1.CCC/C=C(/C)C(C)CC. The summed E-state index contributed by atoms with van der Waals surface area (Å²) in [5, 5.41) is 0. The number of amidine groups is 1. The molecule has 0 radical (unpaired) electrons. The van der Waals surface area contributed by atoms with Gasteiger partial charge in [-0.25, -0.2) is 4.99 Å². The van der Waals surface area contributed by atoms with Crippen LogP contribution >= 0.6 is 0 Å². The summed E-state index contributed by atoms with van der Waals surface area (Å²) in [6.07, 6.45) is 20.7. The molecule has 3 aliphatic heterocycles. The first-order valence-electron chi connectivity index (χ1n) is 15.2. The Kier molecular flexibility index (Phi) is 11.6. The van der Waals surface area contributed by atoms with E-state index in [4.69, 9.17) is 4.99 Å². The molecule has 1 unspecified atom stereocenters. The Morgan fingerprint density at radius 1 is 1.18 bits per heavy atom. The smallest absolute Gasteiger partial charge is 0.137 e. The van der Waals surface area contributed by atoms with E-state index in [1.807, 2.05) is 14.0 Å². The van der Waals surface area contributed by atoms with Crippen molar-refractivity contribution in [1.82, 2.24) is 14.7 Å². The first kappa shape index (κ1) is 31.6. The normalized spacial score (nSPS) is 20.6. The van der Waals surface area contributed by atoms with E-state index in [-0.39, 0.29) is 0 Å². The van der Waals surface area contributed by atoms with Crippen LogP contribution in [0.15, 0.2) is 92.5 Å².